The van der Waals surface area contributed by atoms with Crippen LogP contribution in [0, 0.1) is 0 Å². The van der Waals surface area contributed by atoms with Crippen LogP contribution in [0.2, 0.25) is 0 Å². The summed E-state index contributed by atoms with van der Waals surface area (Å²) in [4.78, 5) is 14.6. The SMILES string of the molecule is CCc1ccc(S(=O)(=O)N=C2S/C(=C\c3cccc(OC)c3)C(=O)N2CC)cc1. The van der Waals surface area contributed by atoms with Gasteiger partial charge in [-0.1, -0.05) is 31.2 Å². The van der Waals surface area contributed by atoms with E-state index in [1.54, 1.807) is 50.4 Å². The fraction of sp³-hybridized carbons (Fsp3) is 0.238. The number of benzene rings is 2. The van der Waals surface area contributed by atoms with Crippen molar-refractivity contribution in [2.24, 2.45) is 4.40 Å². The zero-order valence-electron chi connectivity index (χ0n) is 16.5. The molecule has 0 atom stereocenters. The number of likely N-dealkylation sites (N-methyl/N-ethyl adjacent to an activating group) is 1. The van der Waals surface area contributed by atoms with Crippen LogP contribution in [0.3, 0.4) is 0 Å². The van der Waals surface area contributed by atoms with Gasteiger partial charge in [0.15, 0.2) is 5.17 Å². The maximum atomic E-state index is 12.7. The Morgan fingerprint density at radius 2 is 1.86 bits per heavy atom. The molecular weight excluding hydrogens is 408 g/mol. The van der Waals surface area contributed by atoms with Gasteiger partial charge in [-0.05, 0) is 66.6 Å². The van der Waals surface area contributed by atoms with E-state index in [-0.39, 0.29) is 16.0 Å². The summed E-state index contributed by atoms with van der Waals surface area (Å²) in [7, 11) is -2.34. The van der Waals surface area contributed by atoms with E-state index in [2.05, 4.69) is 4.40 Å². The van der Waals surface area contributed by atoms with Crippen molar-refractivity contribution in [2.45, 2.75) is 25.2 Å². The van der Waals surface area contributed by atoms with Crippen LogP contribution in [-0.4, -0.2) is 38.0 Å². The Balaban J connectivity index is 1.94. The number of amides is 1. The second-order valence-electron chi connectivity index (χ2n) is 6.28. The molecule has 29 heavy (non-hydrogen) atoms. The lowest BCUT2D eigenvalue weighted by molar-refractivity contribution is -0.122. The van der Waals surface area contributed by atoms with E-state index >= 15 is 0 Å². The van der Waals surface area contributed by atoms with E-state index in [0.29, 0.717) is 17.2 Å². The van der Waals surface area contributed by atoms with Crippen LogP contribution in [0.15, 0.2) is 62.7 Å². The first kappa shape index (κ1) is 21.1. The van der Waals surface area contributed by atoms with Gasteiger partial charge in [0.2, 0.25) is 0 Å². The number of rotatable bonds is 6. The van der Waals surface area contributed by atoms with Gasteiger partial charge in [0.1, 0.15) is 5.75 Å². The quantitative estimate of drug-likeness (QED) is 0.649. The van der Waals surface area contributed by atoms with Gasteiger partial charge >= 0.3 is 0 Å². The predicted molar refractivity (Wildman–Crippen MR) is 116 cm³/mol. The molecule has 0 bridgehead atoms. The van der Waals surface area contributed by atoms with Crippen LogP contribution in [0.4, 0.5) is 0 Å². The summed E-state index contributed by atoms with van der Waals surface area (Å²) in [5, 5.41) is 0.159. The second kappa shape index (κ2) is 8.84. The zero-order valence-corrected chi connectivity index (χ0v) is 18.1. The molecule has 1 amide bonds. The molecule has 0 aromatic heterocycles. The van der Waals surface area contributed by atoms with Crippen molar-refractivity contribution >= 4 is 38.9 Å². The number of sulfonamides is 1. The molecule has 1 aliphatic heterocycles. The van der Waals surface area contributed by atoms with Crippen LogP contribution >= 0.6 is 11.8 Å². The number of carbonyl (C=O) groups is 1. The Morgan fingerprint density at radius 1 is 1.14 bits per heavy atom. The first-order chi connectivity index (χ1) is 13.9. The summed E-state index contributed by atoms with van der Waals surface area (Å²) in [6, 6.07) is 13.9. The maximum absolute atomic E-state index is 12.7. The van der Waals surface area contributed by atoms with E-state index < -0.39 is 10.0 Å². The molecule has 1 fully saturated rings. The van der Waals surface area contributed by atoms with Gasteiger partial charge in [0, 0.05) is 6.54 Å². The molecule has 1 saturated heterocycles. The highest BCUT2D eigenvalue weighted by Gasteiger charge is 2.34. The molecule has 2 aromatic carbocycles. The number of methoxy groups -OCH3 is 1. The third-order valence-electron chi connectivity index (χ3n) is 4.42. The predicted octanol–water partition coefficient (Wildman–Crippen LogP) is 3.94. The molecule has 0 radical (unpaired) electrons. The monoisotopic (exact) mass is 430 g/mol. The normalized spacial score (nSPS) is 17.3. The summed E-state index contributed by atoms with van der Waals surface area (Å²) in [5.41, 5.74) is 1.83. The van der Waals surface area contributed by atoms with Gasteiger partial charge in [-0.2, -0.15) is 8.42 Å². The molecule has 1 aliphatic rings. The number of carbonyl (C=O) groups excluding carboxylic acids is 1. The molecule has 1 heterocycles. The highest BCUT2D eigenvalue weighted by molar-refractivity contribution is 8.19. The van der Waals surface area contributed by atoms with Crippen LogP contribution in [0.25, 0.3) is 6.08 Å². The van der Waals surface area contributed by atoms with Crippen molar-refractivity contribution in [3.05, 3.63) is 64.6 Å². The molecule has 3 rings (SSSR count). The third-order valence-corrected chi connectivity index (χ3v) is 6.83. The third kappa shape index (κ3) is 4.71. The molecule has 8 heteroatoms. The zero-order chi connectivity index (χ0) is 21.0. The number of thioether (sulfide) groups is 1. The molecule has 0 saturated carbocycles. The summed E-state index contributed by atoms with van der Waals surface area (Å²) in [6.07, 6.45) is 2.53. The number of ether oxygens (including phenoxy) is 1. The van der Waals surface area contributed by atoms with Crippen LogP contribution in [0.5, 0.6) is 5.75 Å². The van der Waals surface area contributed by atoms with Crippen LogP contribution < -0.4 is 4.74 Å². The van der Waals surface area contributed by atoms with E-state index in [1.807, 2.05) is 25.1 Å². The number of amidine groups is 1. The van der Waals surface area contributed by atoms with Gasteiger partial charge in [0.05, 0.1) is 16.9 Å². The van der Waals surface area contributed by atoms with Gasteiger partial charge < -0.3 is 4.74 Å². The summed E-state index contributed by atoms with van der Waals surface area (Å²) < 4.78 is 34.6. The Kier molecular flexibility index (Phi) is 6.44. The fourth-order valence-electron chi connectivity index (χ4n) is 2.79. The number of hydrogen-bond acceptors (Lipinski definition) is 5. The van der Waals surface area contributed by atoms with Crippen molar-refractivity contribution in [1.29, 1.82) is 0 Å². The molecular formula is C21H22N2O4S2. The molecule has 0 aliphatic carbocycles. The van der Waals surface area contributed by atoms with Crippen molar-refractivity contribution < 1.29 is 17.9 Å². The Labute approximate surface area is 175 Å². The second-order valence-corrected chi connectivity index (χ2v) is 8.90. The van der Waals surface area contributed by atoms with Gasteiger partial charge in [-0.15, -0.1) is 4.40 Å². The minimum absolute atomic E-state index is 0.108. The highest BCUT2D eigenvalue weighted by atomic mass is 32.2. The first-order valence-corrected chi connectivity index (χ1v) is 11.4. The van der Waals surface area contributed by atoms with Gasteiger partial charge in [0.25, 0.3) is 15.9 Å². The van der Waals surface area contributed by atoms with Crippen LogP contribution in [0.1, 0.15) is 25.0 Å². The highest BCUT2D eigenvalue weighted by Crippen LogP contribution is 2.34. The average molecular weight is 431 g/mol. The fourth-order valence-corrected chi connectivity index (χ4v) is 5.03. The van der Waals surface area contributed by atoms with Gasteiger partial charge in [-0.25, -0.2) is 0 Å². The smallest absolute Gasteiger partial charge is 0.284 e. The molecule has 152 valence electrons. The van der Waals surface area contributed by atoms with Crippen molar-refractivity contribution in [3.63, 3.8) is 0 Å². The van der Waals surface area contributed by atoms with E-state index in [1.165, 1.54) is 4.90 Å². The maximum Gasteiger partial charge on any atom is 0.284 e. The lowest BCUT2D eigenvalue weighted by Crippen LogP contribution is -2.29. The summed E-state index contributed by atoms with van der Waals surface area (Å²) in [5.74, 6) is 0.407. The summed E-state index contributed by atoms with van der Waals surface area (Å²) in [6.45, 7) is 4.11. The first-order valence-electron chi connectivity index (χ1n) is 9.17. The van der Waals surface area contributed by atoms with Crippen molar-refractivity contribution in [1.82, 2.24) is 4.90 Å². The standard InChI is InChI=1S/C21H22N2O4S2/c1-4-15-9-11-18(12-10-15)29(25,26)22-21-23(5-2)20(24)19(28-21)14-16-7-6-8-17(13-16)27-3/h6-14H,4-5H2,1-3H3/b19-14-,22-21?. The van der Waals surface area contributed by atoms with Crippen LogP contribution in [-0.2, 0) is 21.2 Å². The number of aryl methyl sites for hydroxylation is 1. The molecule has 0 unspecified atom stereocenters. The Morgan fingerprint density at radius 3 is 2.48 bits per heavy atom. The van der Waals surface area contributed by atoms with E-state index in [9.17, 15) is 13.2 Å². The largest absolute Gasteiger partial charge is 0.497 e. The molecule has 0 N–H and O–H groups in total. The molecule has 0 spiro atoms. The topological polar surface area (TPSA) is 76.0 Å². The minimum atomic E-state index is -3.92. The Hall–Kier alpha value is -2.58. The van der Waals surface area contributed by atoms with E-state index in [4.69, 9.17) is 4.74 Å². The summed E-state index contributed by atoms with van der Waals surface area (Å²) >= 11 is 1.06. The van der Waals surface area contributed by atoms with Crippen molar-refractivity contribution in [3.8, 4) is 5.75 Å². The minimum Gasteiger partial charge on any atom is -0.497 e. The van der Waals surface area contributed by atoms with E-state index in [0.717, 1.165) is 29.3 Å². The van der Waals surface area contributed by atoms with Gasteiger partial charge in [-0.3, -0.25) is 9.69 Å². The van der Waals surface area contributed by atoms with Crippen molar-refractivity contribution in [2.75, 3.05) is 13.7 Å². The molecule has 6 nitrogen and oxygen atoms in total. The lowest BCUT2D eigenvalue weighted by atomic mass is 10.2. The number of hydrogen-bond donors (Lipinski definition) is 0. The molecule has 2 aromatic rings. The lowest BCUT2D eigenvalue weighted by Gasteiger charge is -2.12. The number of nitrogens with zero attached hydrogens (tertiary/aromatic N) is 2. The Bertz CT molecular complexity index is 1070. The average Bonchev–Trinajstić information content (AvgIpc) is 3.01.